The van der Waals surface area contributed by atoms with Gasteiger partial charge in [0, 0.05) is 36.6 Å². The Balaban J connectivity index is 1.24. The molecule has 7 nitrogen and oxygen atoms in total. The largest absolute Gasteiger partial charge is 0.379 e. The maximum absolute atomic E-state index is 12.4. The first-order valence-corrected chi connectivity index (χ1v) is 11.1. The van der Waals surface area contributed by atoms with Crippen molar-refractivity contribution in [1.82, 2.24) is 20.2 Å². The Bertz CT molecular complexity index is 983. The first-order chi connectivity index (χ1) is 14.7. The van der Waals surface area contributed by atoms with Crippen LogP contribution in [0.2, 0.25) is 0 Å². The van der Waals surface area contributed by atoms with Gasteiger partial charge in [-0.25, -0.2) is 9.97 Å². The molecule has 1 saturated heterocycles. The van der Waals surface area contributed by atoms with Crippen molar-refractivity contribution in [3.8, 4) is 0 Å². The molecule has 0 unspecified atom stereocenters. The molecule has 2 N–H and O–H groups in total. The van der Waals surface area contributed by atoms with Gasteiger partial charge in [-0.3, -0.25) is 9.69 Å². The molecule has 4 rings (SSSR count). The summed E-state index contributed by atoms with van der Waals surface area (Å²) in [6, 6.07) is 9.81. The molecule has 3 heterocycles. The number of thiophene rings is 1. The zero-order valence-electron chi connectivity index (χ0n) is 17.2. The third-order valence-electron chi connectivity index (χ3n) is 5.17. The number of nitrogens with one attached hydrogen (secondary N) is 2. The average Bonchev–Trinajstić information content (AvgIpc) is 3.17. The molecule has 0 saturated carbocycles. The van der Waals surface area contributed by atoms with E-state index in [2.05, 4.69) is 38.5 Å². The molecule has 1 aliphatic heterocycles. The van der Waals surface area contributed by atoms with Crippen LogP contribution in [-0.2, 0) is 11.3 Å². The number of rotatable bonds is 8. The van der Waals surface area contributed by atoms with Crippen molar-refractivity contribution >= 4 is 33.3 Å². The fourth-order valence-corrected chi connectivity index (χ4v) is 4.36. The molecule has 30 heavy (non-hydrogen) atoms. The summed E-state index contributed by atoms with van der Waals surface area (Å²) in [5.41, 5.74) is 1.78. The number of aryl methyl sites for hydroxylation is 1. The molecule has 1 aliphatic rings. The average molecular weight is 426 g/mol. The molecular weight excluding hydrogens is 398 g/mol. The Morgan fingerprint density at radius 1 is 1.20 bits per heavy atom. The summed E-state index contributed by atoms with van der Waals surface area (Å²) in [6.45, 7) is 7.97. The van der Waals surface area contributed by atoms with Gasteiger partial charge in [0.25, 0.3) is 5.91 Å². The normalized spacial score (nSPS) is 14.7. The van der Waals surface area contributed by atoms with Crippen molar-refractivity contribution in [1.29, 1.82) is 0 Å². The molecular formula is C22H27N5O2S. The molecule has 2 aromatic heterocycles. The van der Waals surface area contributed by atoms with Crippen LogP contribution >= 0.6 is 11.3 Å². The Kier molecular flexibility index (Phi) is 6.88. The lowest BCUT2D eigenvalue weighted by Gasteiger charge is -2.26. The first kappa shape index (κ1) is 20.7. The quantitative estimate of drug-likeness (QED) is 0.540. The summed E-state index contributed by atoms with van der Waals surface area (Å²) in [7, 11) is 0. The molecule has 158 valence electrons. The number of morpholine rings is 1. The molecule has 1 aromatic carbocycles. The summed E-state index contributed by atoms with van der Waals surface area (Å²) in [5, 5.41) is 7.44. The predicted molar refractivity (Wildman–Crippen MR) is 120 cm³/mol. The van der Waals surface area contributed by atoms with E-state index in [-0.39, 0.29) is 5.91 Å². The lowest BCUT2D eigenvalue weighted by Crippen LogP contribution is -2.38. The maximum atomic E-state index is 12.4. The van der Waals surface area contributed by atoms with E-state index in [1.807, 2.05) is 24.3 Å². The zero-order valence-corrected chi connectivity index (χ0v) is 18.0. The van der Waals surface area contributed by atoms with Crippen molar-refractivity contribution in [3.63, 3.8) is 0 Å². The monoisotopic (exact) mass is 425 g/mol. The van der Waals surface area contributed by atoms with Crippen LogP contribution in [0.5, 0.6) is 0 Å². The van der Waals surface area contributed by atoms with Crippen LogP contribution in [0.1, 0.15) is 27.2 Å². The standard InChI is InChI=1S/C22H27N5O2S/c1-16-13-19-20(25-15-26-22(19)30-16)24-14-17-3-5-18(6-4-17)21(28)23-7-2-8-27-9-11-29-12-10-27/h3-6,13,15H,2,7-12,14H2,1H3,(H,23,28)(H,24,25,26). The number of carbonyl (C=O) groups excluding carboxylic acids is 1. The number of nitrogens with zero attached hydrogens (tertiary/aromatic N) is 3. The van der Waals surface area contributed by atoms with E-state index in [0.717, 1.165) is 60.9 Å². The van der Waals surface area contributed by atoms with E-state index in [9.17, 15) is 4.79 Å². The van der Waals surface area contributed by atoms with Crippen molar-refractivity contribution in [2.24, 2.45) is 0 Å². The number of hydrogen-bond acceptors (Lipinski definition) is 7. The van der Waals surface area contributed by atoms with Gasteiger partial charge in [-0.05, 0) is 43.7 Å². The molecule has 0 bridgehead atoms. The Labute approximate surface area is 180 Å². The number of anilines is 1. The van der Waals surface area contributed by atoms with Crippen LogP contribution in [0, 0.1) is 6.92 Å². The number of carbonyl (C=O) groups is 1. The highest BCUT2D eigenvalue weighted by atomic mass is 32.1. The van der Waals surface area contributed by atoms with Gasteiger partial charge in [0.15, 0.2) is 0 Å². The van der Waals surface area contributed by atoms with Crippen molar-refractivity contribution in [2.45, 2.75) is 19.9 Å². The fourth-order valence-electron chi connectivity index (χ4n) is 3.51. The predicted octanol–water partition coefficient (Wildman–Crippen LogP) is 3.06. The second kappa shape index (κ2) is 9.97. The van der Waals surface area contributed by atoms with Gasteiger partial charge in [-0.2, -0.15) is 0 Å². The molecule has 0 spiro atoms. The minimum Gasteiger partial charge on any atom is -0.379 e. The Morgan fingerprint density at radius 3 is 2.80 bits per heavy atom. The van der Waals surface area contributed by atoms with E-state index in [4.69, 9.17) is 4.74 Å². The van der Waals surface area contributed by atoms with E-state index in [1.165, 1.54) is 4.88 Å². The SMILES string of the molecule is Cc1cc2c(NCc3ccc(C(=O)NCCCN4CCOCC4)cc3)ncnc2s1. The highest BCUT2D eigenvalue weighted by Gasteiger charge is 2.10. The number of ether oxygens (including phenoxy) is 1. The summed E-state index contributed by atoms with van der Waals surface area (Å²) in [4.78, 5) is 25.6. The van der Waals surface area contributed by atoms with Gasteiger partial charge in [0.1, 0.15) is 17.0 Å². The van der Waals surface area contributed by atoms with Gasteiger partial charge in [-0.15, -0.1) is 11.3 Å². The first-order valence-electron chi connectivity index (χ1n) is 10.3. The lowest BCUT2D eigenvalue weighted by atomic mass is 10.1. The van der Waals surface area contributed by atoms with Gasteiger partial charge in [-0.1, -0.05) is 12.1 Å². The van der Waals surface area contributed by atoms with E-state index in [0.29, 0.717) is 18.7 Å². The minimum absolute atomic E-state index is 0.0252. The van der Waals surface area contributed by atoms with E-state index >= 15 is 0 Å². The molecule has 1 fully saturated rings. The molecule has 0 radical (unpaired) electrons. The number of fused-ring (bicyclic) bond motifs is 1. The molecule has 8 heteroatoms. The molecule has 1 amide bonds. The second-order valence-electron chi connectivity index (χ2n) is 7.41. The van der Waals surface area contributed by atoms with Crippen LogP contribution in [0.25, 0.3) is 10.2 Å². The number of aromatic nitrogens is 2. The van der Waals surface area contributed by atoms with Crippen LogP contribution < -0.4 is 10.6 Å². The van der Waals surface area contributed by atoms with Crippen LogP contribution in [0.4, 0.5) is 5.82 Å². The number of amides is 1. The smallest absolute Gasteiger partial charge is 0.251 e. The lowest BCUT2D eigenvalue weighted by molar-refractivity contribution is 0.0374. The summed E-state index contributed by atoms with van der Waals surface area (Å²) >= 11 is 1.67. The molecule has 0 aliphatic carbocycles. The van der Waals surface area contributed by atoms with E-state index in [1.54, 1.807) is 17.7 Å². The van der Waals surface area contributed by atoms with Gasteiger partial charge < -0.3 is 15.4 Å². The summed E-state index contributed by atoms with van der Waals surface area (Å²) in [5.74, 6) is 0.814. The highest BCUT2D eigenvalue weighted by Crippen LogP contribution is 2.27. The third-order valence-corrected chi connectivity index (χ3v) is 6.13. The van der Waals surface area contributed by atoms with Crippen LogP contribution in [0.3, 0.4) is 0 Å². The van der Waals surface area contributed by atoms with Gasteiger partial charge in [0.2, 0.25) is 0 Å². The Morgan fingerprint density at radius 2 is 2.00 bits per heavy atom. The van der Waals surface area contributed by atoms with E-state index < -0.39 is 0 Å². The fraction of sp³-hybridized carbons (Fsp3) is 0.409. The highest BCUT2D eigenvalue weighted by molar-refractivity contribution is 7.18. The Hall–Kier alpha value is -2.55. The van der Waals surface area contributed by atoms with Gasteiger partial charge >= 0.3 is 0 Å². The zero-order chi connectivity index (χ0) is 20.8. The number of benzene rings is 1. The maximum Gasteiger partial charge on any atom is 0.251 e. The molecule has 0 atom stereocenters. The topological polar surface area (TPSA) is 79.4 Å². The summed E-state index contributed by atoms with van der Waals surface area (Å²) in [6.07, 6.45) is 2.54. The van der Waals surface area contributed by atoms with Crippen LogP contribution in [-0.4, -0.2) is 60.2 Å². The second-order valence-corrected chi connectivity index (χ2v) is 8.65. The molecule has 3 aromatic rings. The van der Waals surface area contributed by atoms with Crippen LogP contribution in [0.15, 0.2) is 36.7 Å². The van der Waals surface area contributed by atoms with Crippen molar-refractivity contribution in [2.75, 3.05) is 44.7 Å². The minimum atomic E-state index is -0.0252. The summed E-state index contributed by atoms with van der Waals surface area (Å²) < 4.78 is 5.35. The third kappa shape index (κ3) is 5.33. The van der Waals surface area contributed by atoms with Crippen molar-refractivity contribution in [3.05, 3.63) is 52.7 Å². The van der Waals surface area contributed by atoms with Gasteiger partial charge in [0.05, 0.1) is 18.6 Å². The van der Waals surface area contributed by atoms with Crippen molar-refractivity contribution < 1.29 is 9.53 Å². The number of hydrogen-bond donors (Lipinski definition) is 2.